The van der Waals surface area contributed by atoms with Crippen LogP contribution in [-0.4, -0.2) is 54.0 Å². The largest absolute Gasteiger partial charge is 0.493 e. The topological polar surface area (TPSA) is 83.5 Å². The van der Waals surface area contributed by atoms with Crippen LogP contribution in [0.5, 0.6) is 28.7 Å². The van der Waals surface area contributed by atoms with Crippen LogP contribution in [-0.2, 0) is 6.42 Å². The number of hydrogen-bond donors (Lipinski definition) is 1. The molecule has 0 fully saturated rings. The molecule has 164 valence electrons. The van der Waals surface area contributed by atoms with Gasteiger partial charge in [0.05, 0.1) is 35.7 Å². The van der Waals surface area contributed by atoms with Gasteiger partial charge in [0.1, 0.15) is 36.1 Å². The molecule has 3 heterocycles. The number of rotatable bonds is 4. The van der Waals surface area contributed by atoms with Crippen molar-refractivity contribution in [3.05, 3.63) is 41.0 Å². The van der Waals surface area contributed by atoms with Gasteiger partial charge in [0.25, 0.3) is 0 Å². The Labute approximate surface area is 193 Å². The molecule has 0 bridgehead atoms. The number of methoxy groups -OCH3 is 2. The molecule has 4 atom stereocenters. The van der Waals surface area contributed by atoms with Gasteiger partial charge in [-0.25, -0.2) is 0 Å². The van der Waals surface area contributed by atoms with Gasteiger partial charge in [0, 0.05) is 23.6 Å². The smallest absolute Gasteiger partial charge is 0.178 e. The van der Waals surface area contributed by atoms with Crippen molar-refractivity contribution in [1.82, 2.24) is 0 Å². The number of carbonyl (C=O) groups excluding carboxylic acids is 1. The van der Waals surface area contributed by atoms with Crippen molar-refractivity contribution in [1.29, 1.82) is 0 Å². The fraction of sp³-hybridized carbons (Fsp3) is 0.435. The van der Waals surface area contributed by atoms with Crippen LogP contribution in [0.3, 0.4) is 0 Å². The molecule has 1 unspecified atom stereocenters. The first-order valence-electron chi connectivity index (χ1n) is 10.1. The molecule has 0 spiro atoms. The Morgan fingerprint density at radius 3 is 2.61 bits per heavy atom. The second-order valence-corrected chi connectivity index (χ2v) is 10.7. The summed E-state index contributed by atoms with van der Waals surface area (Å²) in [7, 11) is 3.13. The van der Waals surface area contributed by atoms with Crippen molar-refractivity contribution in [3.8, 4) is 28.7 Å². The van der Waals surface area contributed by atoms with E-state index in [0.29, 0.717) is 40.7 Å². The van der Waals surface area contributed by atoms with Crippen LogP contribution in [0, 0.1) is 0 Å². The van der Waals surface area contributed by atoms with E-state index in [9.17, 15) is 9.90 Å². The number of fused-ring (bicyclic) bond motifs is 6. The van der Waals surface area contributed by atoms with Gasteiger partial charge in [-0.05, 0) is 25.1 Å². The Hall–Kier alpha value is -2.20. The quantitative estimate of drug-likeness (QED) is 0.476. The Kier molecular flexibility index (Phi) is 4.97. The molecule has 3 aliphatic heterocycles. The van der Waals surface area contributed by atoms with Gasteiger partial charge in [-0.1, -0.05) is 22.6 Å². The van der Waals surface area contributed by atoms with E-state index in [1.807, 2.05) is 13.0 Å². The number of Topliss-reactive ketones (excluding diaryl/α,β-unsaturated/α-hetero) is 1. The predicted octanol–water partition coefficient (Wildman–Crippen LogP) is 3.31. The molecule has 0 amide bonds. The molecular formula is C23H23IO7. The molecule has 0 saturated carbocycles. The van der Waals surface area contributed by atoms with Crippen molar-refractivity contribution in [2.45, 2.75) is 34.9 Å². The summed E-state index contributed by atoms with van der Waals surface area (Å²) in [5.74, 6) is 2.48. The molecule has 5 rings (SSSR count). The molecule has 0 saturated heterocycles. The molecule has 31 heavy (non-hydrogen) atoms. The van der Waals surface area contributed by atoms with E-state index in [2.05, 4.69) is 22.6 Å². The maximum Gasteiger partial charge on any atom is 0.178 e. The molecule has 2 aromatic rings. The third-order valence-corrected chi connectivity index (χ3v) is 7.34. The third kappa shape index (κ3) is 3.14. The highest BCUT2D eigenvalue weighted by molar-refractivity contribution is 14.1. The van der Waals surface area contributed by atoms with Gasteiger partial charge < -0.3 is 28.8 Å². The summed E-state index contributed by atoms with van der Waals surface area (Å²) in [6.45, 7) is 2.20. The number of aliphatic hydroxyl groups excluding tert-OH is 1. The van der Waals surface area contributed by atoms with Gasteiger partial charge in [0.2, 0.25) is 0 Å². The molecule has 3 aliphatic rings. The summed E-state index contributed by atoms with van der Waals surface area (Å²) in [5, 5.41) is 9.73. The second-order valence-electron chi connectivity index (χ2n) is 8.22. The number of benzene rings is 2. The molecule has 0 radical (unpaired) electrons. The Morgan fingerprint density at radius 1 is 1.16 bits per heavy atom. The zero-order chi connectivity index (χ0) is 21.9. The van der Waals surface area contributed by atoms with Crippen molar-refractivity contribution in [3.63, 3.8) is 0 Å². The summed E-state index contributed by atoms with van der Waals surface area (Å²) in [6.07, 6.45) is -0.0675. The summed E-state index contributed by atoms with van der Waals surface area (Å²) < 4.78 is 28.8. The van der Waals surface area contributed by atoms with Crippen molar-refractivity contribution < 1.29 is 33.6 Å². The number of alkyl halides is 1. The number of carbonyl (C=O) groups is 1. The lowest BCUT2D eigenvalue weighted by Crippen LogP contribution is -2.43. The lowest BCUT2D eigenvalue weighted by molar-refractivity contribution is 0.0554. The monoisotopic (exact) mass is 534 g/mol. The summed E-state index contributed by atoms with van der Waals surface area (Å²) >= 11 is 2.22. The minimum Gasteiger partial charge on any atom is -0.493 e. The van der Waals surface area contributed by atoms with Crippen LogP contribution in [0.2, 0.25) is 0 Å². The molecule has 1 N–H and O–H groups in total. The number of halogens is 1. The Bertz CT molecular complexity index is 1060. The second kappa shape index (κ2) is 7.44. The average Bonchev–Trinajstić information content (AvgIpc) is 3.23. The normalized spacial score (nSPS) is 24.9. The summed E-state index contributed by atoms with van der Waals surface area (Å²) in [6, 6.07) is 7.15. The van der Waals surface area contributed by atoms with E-state index in [1.54, 1.807) is 32.4 Å². The van der Waals surface area contributed by atoms with Gasteiger partial charge in [0.15, 0.2) is 17.3 Å². The van der Waals surface area contributed by atoms with E-state index >= 15 is 0 Å². The highest BCUT2D eigenvalue weighted by Crippen LogP contribution is 2.50. The standard InChI is InChI=1S/C23H23IO7/c1-23(24,10-25)19-7-13-14(30-19)5-4-11-21(26)20-12-6-16(27-2)17(28-3)8-15(12)29-9-18(20)31-22(11)13/h4-6,8,18-20,25H,7,9-10H2,1-3H3/t18-,19?,20+,23-/m1/s1/i24-4. The van der Waals surface area contributed by atoms with E-state index < -0.39 is 15.4 Å². The Balaban J connectivity index is 1.55. The molecule has 0 aliphatic carbocycles. The predicted molar refractivity (Wildman–Crippen MR) is 121 cm³/mol. The highest BCUT2D eigenvalue weighted by atomic mass is 123. The molecule has 8 heteroatoms. The van der Waals surface area contributed by atoms with Gasteiger partial charge >= 0.3 is 0 Å². The highest BCUT2D eigenvalue weighted by Gasteiger charge is 2.47. The van der Waals surface area contributed by atoms with Crippen LogP contribution in [0.25, 0.3) is 0 Å². The maximum atomic E-state index is 13.6. The SMILES string of the molecule is COc1cc2c(cc1OC)[C@@H]1C(=O)c3ccc4c(c3O[C@@H]1CO2)CC([C@](C)([123I])CO)O4. The minimum absolute atomic E-state index is 0.00515. The fourth-order valence-corrected chi connectivity index (χ4v) is 4.85. The zero-order valence-corrected chi connectivity index (χ0v) is 19.6. The van der Waals surface area contributed by atoms with E-state index in [-0.39, 0.29) is 25.1 Å². The van der Waals surface area contributed by atoms with Crippen LogP contribution in [0.15, 0.2) is 24.3 Å². The van der Waals surface area contributed by atoms with Crippen molar-refractivity contribution in [2.75, 3.05) is 27.4 Å². The summed E-state index contributed by atoms with van der Waals surface area (Å²) in [4.78, 5) is 13.6. The first-order chi connectivity index (χ1) is 14.9. The maximum absolute atomic E-state index is 13.6. The molecular weight excluding hydrogens is 511 g/mol. The van der Waals surface area contributed by atoms with Crippen LogP contribution in [0.1, 0.15) is 34.3 Å². The lowest BCUT2D eigenvalue weighted by atomic mass is 9.81. The molecule has 2 aromatic carbocycles. The first kappa shape index (κ1) is 20.7. The number of hydrogen-bond acceptors (Lipinski definition) is 7. The van der Waals surface area contributed by atoms with Crippen LogP contribution < -0.4 is 23.7 Å². The summed E-state index contributed by atoms with van der Waals surface area (Å²) in [5.41, 5.74) is 2.16. The van der Waals surface area contributed by atoms with E-state index in [4.69, 9.17) is 23.7 Å². The van der Waals surface area contributed by atoms with Crippen LogP contribution >= 0.6 is 22.6 Å². The van der Waals surface area contributed by atoms with Gasteiger partial charge in [-0.2, -0.15) is 0 Å². The van der Waals surface area contributed by atoms with Gasteiger partial charge in [-0.3, -0.25) is 4.79 Å². The average molecular weight is 534 g/mol. The van der Waals surface area contributed by atoms with Gasteiger partial charge in [-0.15, -0.1) is 0 Å². The third-order valence-electron chi connectivity index (χ3n) is 6.30. The molecule has 0 aromatic heterocycles. The number of aliphatic hydroxyl groups is 1. The molecule has 7 nitrogen and oxygen atoms in total. The number of ketones is 1. The first-order valence-corrected chi connectivity index (χ1v) is 11.2. The van der Waals surface area contributed by atoms with E-state index in [1.165, 1.54) is 0 Å². The van der Waals surface area contributed by atoms with Crippen molar-refractivity contribution in [2.24, 2.45) is 0 Å². The van der Waals surface area contributed by atoms with Crippen molar-refractivity contribution >= 4 is 28.4 Å². The zero-order valence-electron chi connectivity index (χ0n) is 17.4. The Morgan fingerprint density at radius 2 is 1.90 bits per heavy atom. The van der Waals surface area contributed by atoms with E-state index in [0.717, 1.165) is 11.1 Å². The lowest BCUT2D eigenvalue weighted by Gasteiger charge is -2.37. The minimum atomic E-state index is -0.487. The fourth-order valence-electron chi connectivity index (χ4n) is 4.50. The number of ether oxygens (including phenoxy) is 5. The van der Waals surface area contributed by atoms with Crippen LogP contribution in [0.4, 0.5) is 0 Å².